The zero-order chi connectivity index (χ0) is 31.4. The molecule has 0 aliphatic rings. The fourth-order valence-electron chi connectivity index (χ4n) is 4.90. The number of aliphatic carboxylic acids is 1. The van der Waals surface area contributed by atoms with E-state index in [0.717, 1.165) is 22.1 Å². The van der Waals surface area contributed by atoms with E-state index in [1.165, 1.54) is 12.1 Å². The molecule has 0 aliphatic heterocycles. The van der Waals surface area contributed by atoms with E-state index >= 15 is 0 Å². The van der Waals surface area contributed by atoms with Crippen molar-refractivity contribution in [2.24, 2.45) is 0 Å². The molecule has 6 rings (SSSR count). The van der Waals surface area contributed by atoms with E-state index < -0.39 is 22.0 Å². The fraction of sp³-hybridized carbons (Fsp3) is 0.0882. The molecule has 45 heavy (non-hydrogen) atoms. The average Bonchev–Trinajstić information content (AvgIpc) is 3.68. The van der Waals surface area contributed by atoms with Gasteiger partial charge in [-0.2, -0.15) is 4.72 Å². The topological polar surface area (TPSA) is 144 Å². The molecule has 0 fully saturated rings. The van der Waals surface area contributed by atoms with Gasteiger partial charge in [0.2, 0.25) is 10.0 Å². The lowest BCUT2D eigenvalue weighted by molar-refractivity contribution is -0.138. The highest BCUT2D eigenvalue weighted by Crippen LogP contribution is 2.25. The van der Waals surface area contributed by atoms with Crippen LogP contribution in [0, 0.1) is 0 Å². The maximum absolute atomic E-state index is 13.1. The minimum absolute atomic E-state index is 0.0678. The minimum atomic E-state index is -4.14. The van der Waals surface area contributed by atoms with Gasteiger partial charge in [-0.3, -0.25) is 9.59 Å². The highest BCUT2D eigenvalue weighted by atomic mass is 32.2. The van der Waals surface area contributed by atoms with Crippen LogP contribution in [0.3, 0.4) is 0 Å². The van der Waals surface area contributed by atoms with Gasteiger partial charge in [-0.1, -0.05) is 72.8 Å². The monoisotopic (exact) mass is 620 g/mol. The Bertz CT molecular complexity index is 2040. The number of hydrogen-bond donors (Lipinski definition) is 3. The molecule has 2 heterocycles. The number of nitrogens with one attached hydrogen (secondary N) is 2. The Balaban J connectivity index is 1.09. The summed E-state index contributed by atoms with van der Waals surface area (Å²) >= 11 is 0. The first-order valence-corrected chi connectivity index (χ1v) is 15.5. The molecule has 226 valence electrons. The van der Waals surface area contributed by atoms with E-state index in [0.29, 0.717) is 23.5 Å². The van der Waals surface area contributed by atoms with E-state index in [1.54, 1.807) is 61.1 Å². The van der Waals surface area contributed by atoms with Crippen molar-refractivity contribution in [3.05, 3.63) is 139 Å². The van der Waals surface area contributed by atoms with Crippen LogP contribution in [0.15, 0.2) is 131 Å². The lowest BCUT2D eigenvalue weighted by atomic mass is 10.1. The van der Waals surface area contributed by atoms with Crippen LogP contribution < -0.4 is 10.0 Å². The summed E-state index contributed by atoms with van der Waals surface area (Å²) in [7, 11) is -4.14. The number of carbonyl (C=O) groups is 2. The molecule has 10 nitrogen and oxygen atoms in total. The Morgan fingerprint density at radius 3 is 2.22 bits per heavy atom. The van der Waals surface area contributed by atoms with Gasteiger partial charge in [0.1, 0.15) is 11.6 Å². The van der Waals surface area contributed by atoms with Crippen LogP contribution in [0.1, 0.15) is 21.8 Å². The second-order valence-corrected chi connectivity index (χ2v) is 12.2. The van der Waals surface area contributed by atoms with Gasteiger partial charge in [-0.15, -0.1) is 0 Å². The highest BCUT2D eigenvalue weighted by Gasteiger charge is 2.26. The first-order chi connectivity index (χ1) is 21.7. The fourth-order valence-corrected chi connectivity index (χ4v) is 6.08. The molecule has 0 bridgehead atoms. The molecule has 1 amide bonds. The number of sulfonamides is 1. The van der Waals surface area contributed by atoms with Crippen LogP contribution in [-0.2, 0) is 27.8 Å². The van der Waals surface area contributed by atoms with Crippen LogP contribution in [0.2, 0.25) is 0 Å². The van der Waals surface area contributed by atoms with Crippen molar-refractivity contribution in [3.63, 3.8) is 0 Å². The van der Waals surface area contributed by atoms with Gasteiger partial charge in [0, 0.05) is 30.2 Å². The van der Waals surface area contributed by atoms with Gasteiger partial charge in [0.05, 0.1) is 16.9 Å². The maximum atomic E-state index is 13.1. The van der Waals surface area contributed by atoms with E-state index in [4.69, 9.17) is 4.42 Å². The van der Waals surface area contributed by atoms with E-state index in [1.807, 2.05) is 53.1 Å². The number of benzene rings is 4. The molecule has 11 heteroatoms. The summed E-state index contributed by atoms with van der Waals surface area (Å²) in [6.07, 6.45) is 3.19. The number of anilines is 1. The molecular formula is C34H28N4O6S. The van der Waals surface area contributed by atoms with Crippen LogP contribution in [-0.4, -0.2) is 41.0 Å². The first kappa shape index (κ1) is 29.5. The Morgan fingerprint density at radius 1 is 0.867 bits per heavy atom. The Morgan fingerprint density at radius 2 is 1.53 bits per heavy atom. The molecular weight excluding hydrogens is 592 g/mol. The third-order valence-corrected chi connectivity index (χ3v) is 8.68. The number of nitrogens with zero attached hydrogens (tertiary/aromatic N) is 2. The molecule has 0 aliphatic carbocycles. The van der Waals surface area contributed by atoms with Gasteiger partial charge in [0.15, 0.2) is 5.76 Å². The first-order valence-electron chi connectivity index (χ1n) is 14.0. The molecule has 0 spiro atoms. The lowest BCUT2D eigenvalue weighted by Gasteiger charge is -2.14. The molecule has 2 aromatic heterocycles. The van der Waals surface area contributed by atoms with Crippen molar-refractivity contribution >= 4 is 38.6 Å². The zero-order valence-electron chi connectivity index (χ0n) is 23.8. The molecule has 0 radical (unpaired) electrons. The predicted octanol–water partition coefficient (Wildman–Crippen LogP) is 5.57. The number of fused-ring (bicyclic) bond motifs is 1. The molecule has 3 N–H and O–H groups in total. The number of hydrogen-bond acceptors (Lipinski definition) is 6. The third-order valence-electron chi connectivity index (χ3n) is 7.19. The summed E-state index contributed by atoms with van der Waals surface area (Å²) < 4.78 is 35.9. The number of carboxylic acid groups (broad SMARTS) is 1. The third kappa shape index (κ3) is 7.01. The lowest BCUT2D eigenvalue weighted by Crippen LogP contribution is -2.42. The number of aromatic nitrogens is 2. The molecule has 0 saturated carbocycles. The van der Waals surface area contributed by atoms with E-state index in [9.17, 15) is 23.1 Å². The smallest absolute Gasteiger partial charge is 0.322 e. The van der Waals surface area contributed by atoms with Gasteiger partial charge >= 0.3 is 5.97 Å². The quantitative estimate of drug-likeness (QED) is 0.172. The van der Waals surface area contributed by atoms with Crippen LogP contribution in [0.5, 0.6) is 0 Å². The Hall–Kier alpha value is -5.52. The summed E-state index contributed by atoms with van der Waals surface area (Å²) in [6.45, 7) is 0.559. The van der Waals surface area contributed by atoms with Gasteiger partial charge < -0.3 is 19.4 Å². The highest BCUT2D eigenvalue weighted by molar-refractivity contribution is 7.89. The molecule has 1 atom stereocenters. The van der Waals surface area contributed by atoms with E-state index in [-0.39, 0.29) is 23.0 Å². The summed E-state index contributed by atoms with van der Waals surface area (Å²) in [5.41, 5.74) is 4.24. The van der Waals surface area contributed by atoms with Crippen LogP contribution in [0.25, 0.3) is 22.1 Å². The molecule has 4 aromatic carbocycles. The second-order valence-electron chi connectivity index (χ2n) is 10.4. The van der Waals surface area contributed by atoms with Crippen molar-refractivity contribution in [1.82, 2.24) is 14.3 Å². The zero-order valence-corrected chi connectivity index (χ0v) is 24.6. The number of carboxylic acids is 1. The van der Waals surface area contributed by atoms with Crippen molar-refractivity contribution < 1.29 is 27.5 Å². The van der Waals surface area contributed by atoms with Crippen LogP contribution in [0.4, 0.5) is 5.69 Å². The number of amides is 1. The van der Waals surface area contributed by atoms with Crippen LogP contribution >= 0.6 is 0 Å². The number of para-hydroxylation sites is 1. The number of rotatable bonds is 11. The van der Waals surface area contributed by atoms with Gasteiger partial charge in [-0.05, 0) is 53.1 Å². The van der Waals surface area contributed by atoms with Crippen molar-refractivity contribution in [3.8, 4) is 11.1 Å². The largest absolute Gasteiger partial charge is 0.480 e. The summed E-state index contributed by atoms with van der Waals surface area (Å²) in [5.74, 6) is -1.48. The number of carbonyl (C=O) groups excluding carboxylic acids is 1. The Kier molecular flexibility index (Phi) is 8.28. The van der Waals surface area contributed by atoms with Gasteiger partial charge in [-0.25, -0.2) is 13.4 Å². The maximum Gasteiger partial charge on any atom is 0.322 e. The van der Waals surface area contributed by atoms with Crippen molar-refractivity contribution in [1.29, 1.82) is 0 Å². The summed E-state index contributed by atoms with van der Waals surface area (Å²) in [6, 6.07) is 30.5. The predicted molar refractivity (Wildman–Crippen MR) is 169 cm³/mol. The SMILES string of the molecule is O=C(Nc1ccc(-c2ccc(S(=O)(=O)N[C@@H](Cc3cn(Cc4ccccc4)cn3)C(=O)O)cc2)cc1)c1cc2ccccc2o1. The Labute approximate surface area is 259 Å². The number of furan rings is 1. The summed E-state index contributed by atoms with van der Waals surface area (Å²) in [4.78, 5) is 28.8. The normalized spacial score (nSPS) is 12.2. The average molecular weight is 621 g/mol. The van der Waals surface area contributed by atoms with Crippen molar-refractivity contribution in [2.45, 2.75) is 23.9 Å². The second kappa shape index (κ2) is 12.6. The standard InChI is InChI=1S/C34H28N4O6S/c39-33(32-18-26-8-4-5-9-31(26)44-32)36-27-14-10-24(11-15-27)25-12-16-29(17-13-25)45(42,43)37-30(34(40)41)19-28-21-38(22-35-28)20-23-6-2-1-3-7-23/h1-18,21-22,30,37H,19-20H2,(H,36,39)(H,40,41)/t30-/m0/s1. The van der Waals surface area contributed by atoms with Gasteiger partial charge in [0.25, 0.3) is 5.91 Å². The molecule has 6 aromatic rings. The number of imidazole rings is 1. The molecule has 0 unspecified atom stereocenters. The van der Waals surface area contributed by atoms with E-state index in [2.05, 4.69) is 15.0 Å². The summed E-state index contributed by atoms with van der Waals surface area (Å²) in [5, 5.41) is 13.4. The minimum Gasteiger partial charge on any atom is -0.480 e. The van der Waals surface area contributed by atoms with Crippen molar-refractivity contribution in [2.75, 3.05) is 5.32 Å². The molecule has 0 saturated heterocycles.